The van der Waals surface area contributed by atoms with Crippen molar-refractivity contribution in [3.05, 3.63) is 59.8 Å². The maximum absolute atomic E-state index is 6.18. The number of halogens is 2. The molecule has 5 heteroatoms. The van der Waals surface area contributed by atoms with Crippen LogP contribution in [0.5, 0.6) is 0 Å². The molecule has 0 bridgehead atoms. The van der Waals surface area contributed by atoms with Crippen molar-refractivity contribution in [1.82, 2.24) is 14.9 Å². The summed E-state index contributed by atoms with van der Waals surface area (Å²) in [5.41, 5.74) is 2.88. The summed E-state index contributed by atoms with van der Waals surface area (Å²) in [5.74, 6) is 0. The van der Waals surface area contributed by atoms with Crippen molar-refractivity contribution in [3.63, 3.8) is 0 Å². The maximum atomic E-state index is 6.18. The molecule has 0 aliphatic carbocycles. The SMILES string of the molecule is ClC1NC=C(Br)c2c1ncn2Cc1ccccc1. The van der Waals surface area contributed by atoms with E-state index in [9.17, 15) is 0 Å². The van der Waals surface area contributed by atoms with E-state index in [-0.39, 0.29) is 5.50 Å². The number of alkyl halides is 1. The fourth-order valence-electron chi connectivity index (χ4n) is 2.04. The van der Waals surface area contributed by atoms with Gasteiger partial charge in [-0.25, -0.2) is 4.98 Å². The minimum absolute atomic E-state index is 0.265. The zero-order valence-corrected chi connectivity index (χ0v) is 11.8. The minimum Gasteiger partial charge on any atom is -0.369 e. The Balaban J connectivity index is 1.98. The van der Waals surface area contributed by atoms with Gasteiger partial charge in [0.15, 0.2) is 0 Å². The smallest absolute Gasteiger partial charge is 0.146 e. The number of hydrogen-bond acceptors (Lipinski definition) is 2. The summed E-state index contributed by atoms with van der Waals surface area (Å²) in [4.78, 5) is 4.38. The van der Waals surface area contributed by atoms with Gasteiger partial charge in [-0.05, 0) is 21.5 Å². The predicted molar refractivity (Wildman–Crippen MR) is 76.4 cm³/mol. The highest BCUT2D eigenvalue weighted by Gasteiger charge is 2.23. The van der Waals surface area contributed by atoms with Crippen molar-refractivity contribution in [2.75, 3.05) is 0 Å². The number of aromatic nitrogens is 2. The third kappa shape index (κ3) is 2.06. The Labute approximate surface area is 119 Å². The zero-order valence-electron chi connectivity index (χ0n) is 9.48. The van der Waals surface area contributed by atoms with Crippen LogP contribution in [-0.4, -0.2) is 9.55 Å². The summed E-state index contributed by atoms with van der Waals surface area (Å²) in [6.07, 6.45) is 3.69. The monoisotopic (exact) mass is 323 g/mol. The van der Waals surface area contributed by atoms with Crippen LogP contribution in [0.3, 0.4) is 0 Å². The average molecular weight is 325 g/mol. The molecule has 1 aromatic carbocycles. The van der Waals surface area contributed by atoms with E-state index in [0.29, 0.717) is 0 Å². The molecule has 1 atom stereocenters. The first kappa shape index (κ1) is 11.8. The van der Waals surface area contributed by atoms with Gasteiger partial charge in [0, 0.05) is 12.7 Å². The minimum atomic E-state index is -0.265. The van der Waals surface area contributed by atoms with Crippen LogP contribution in [-0.2, 0) is 6.54 Å². The molecule has 1 N–H and O–H groups in total. The van der Waals surface area contributed by atoms with Gasteiger partial charge in [0.05, 0.1) is 16.5 Å². The first-order valence-corrected chi connectivity index (χ1v) is 6.84. The first-order valence-electron chi connectivity index (χ1n) is 5.61. The van der Waals surface area contributed by atoms with Crippen LogP contribution in [0.15, 0.2) is 42.9 Å². The molecule has 0 spiro atoms. The normalized spacial score (nSPS) is 17.9. The summed E-state index contributed by atoms with van der Waals surface area (Å²) < 4.78 is 3.07. The molecular weight excluding hydrogens is 314 g/mol. The van der Waals surface area contributed by atoms with Gasteiger partial charge in [0.25, 0.3) is 0 Å². The lowest BCUT2D eigenvalue weighted by Crippen LogP contribution is -2.17. The molecule has 0 saturated carbocycles. The molecule has 3 rings (SSSR count). The number of benzene rings is 1. The van der Waals surface area contributed by atoms with Gasteiger partial charge < -0.3 is 9.88 Å². The van der Waals surface area contributed by atoms with Crippen molar-refractivity contribution >= 4 is 32.0 Å². The number of imidazole rings is 1. The summed E-state index contributed by atoms with van der Waals surface area (Å²) in [6, 6.07) is 10.3. The second-order valence-corrected chi connectivity index (χ2v) is 5.40. The first-order chi connectivity index (χ1) is 8.75. The number of nitrogens with zero attached hydrogens (tertiary/aromatic N) is 2. The topological polar surface area (TPSA) is 29.9 Å². The molecular formula is C13H11BrClN3. The predicted octanol–water partition coefficient (Wildman–Crippen LogP) is 3.47. The largest absolute Gasteiger partial charge is 0.369 e. The number of nitrogens with one attached hydrogen (secondary N) is 1. The molecule has 1 unspecified atom stereocenters. The average Bonchev–Trinajstić information content (AvgIpc) is 2.80. The van der Waals surface area contributed by atoms with Crippen LogP contribution >= 0.6 is 27.5 Å². The molecule has 18 heavy (non-hydrogen) atoms. The van der Waals surface area contributed by atoms with Crippen molar-refractivity contribution in [2.45, 2.75) is 12.0 Å². The lowest BCUT2D eigenvalue weighted by molar-refractivity contribution is 0.761. The van der Waals surface area contributed by atoms with Crippen LogP contribution in [0.25, 0.3) is 4.48 Å². The highest BCUT2D eigenvalue weighted by molar-refractivity contribution is 9.15. The summed E-state index contributed by atoms with van der Waals surface area (Å²) in [6.45, 7) is 0.787. The van der Waals surface area contributed by atoms with Gasteiger partial charge in [-0.2, -0.15) is 0 Å². The molecule has 3 nitrogen and oxygen atoms in total. The van der Waals surface area contributed by atoms with E-state index in [4.69, 9.17) is 11.6 Å². The Morgan fingerprint density at radius 2 is 2.11 bits per heavy atom. The Morgan fingerprint density at radius 1 is 1.33 bits per heavy atom. The van der Waals surface area contributed by atoms with Crippen molar-refractivity contribution in [3.8, 4) is 0 Å². The molecule has 1 aliphatic heterocycles. The molecule has 0 saturated heterocycles. The Morgan fingerprint density at radius 3 is 2.89 bits per heavy atom. The molecule has 0 amide bonds. The lowest BCUT2D eigenvalue weighted by atomic mass is 10.2. The van der Waals surface area contributed by atoms with Crippen molar-refractivity contribution < 1.29 is 0 Å². The number of fused-ring (bicyclic) bond motifs is 1. The molecule has 2 aromatic rings. The number of hydrogen-bond donors (Lipinski definition) is 1. The standard InChI is InChI=1S/C13H11BrClN3/c14-10-6-16-13(15)11-12(10)18(8-17-11)7-9-4-2-1-3-5-9/h1-6,8,13,16H,7H2. The Hall–Kier alpha value is -1.26. The second kappa shape index (κ2) is 4.78. The lowest BCUT2D eigenvalue weighted by Gasteiger charge is -2.18. The second-order valence-electron chi connectivity index (χ2n) is 4.11. The van der Waals surface area contributed by atoms with E-state index in [1.807, 2.05) is 30.7 Å². The molecule has 0 fully saturated rings. The van der Waals surface area contributed by atoms with E-state index in [1.54, 1.807) is 0 Å². The Kier molecular flexibility index (Phi) is 3.14. The van der Waals surface area contributed by atoms with Crippen LogP contribution in [0.2, 0.25) is 0 Å². The van der Waals surface area contributed by atoms with Gasteiger partial charge in [0.2, 0.25) is 0 Å². The van der Waals surface area contributed by atoms with E-state index >= 15 is 0 Å². The fraction of sp³-hybridized carbons (Fsp3) is 0.154. The highest BCUT2D eigenvalue weighted by Crippen LogP contribution is 2.33. The molecule has 1 aliphatic rings. The zero-order chi connectivity index (χ0) is 12.5. The Bertz CT molecular complexity index is 592. The highest BCUT2D eigenvalue weighted by atomic mass is 79.9. The summed E-state index contributed by atoms with van der Waals surface area (Å²) in [5, 5.41) is 3.05. The molecule has 92 valence electrons. The van der Waals surface area contributed by atoms with Crippen molar-refractivity contribution in [2.24, 2.45) is 0 Å². The third-order valence-corrected chi connectivity index (χ3v) is 3.82. The third-order valence-electron chi connectivity index (χ3n) is 2.88. The fourth-order valence-corrected chi connectivity index (χ4v) is 2.82. The van der Waals surface area contributed by atoms with Crippen LogP contribution in [0, 0.1) is 0 Å². The van der Waals surface area contributed by atoms with Crippen LogP contribution in [0.4, 0.5) is 0 Å². The molecule has 1 aromatic heterocycles. The molecule has 2 heterocycles. The van der Waals surface area contributed by atoms with Gasteiger partial charge in [0.1, 0.15) is 11.2 Å². The quantitative estimate of drug-likeness (QED) is 0.677. The van der Waals surface area contributed by atoms with Crippen molar-refractivity contribution in [1.29, 1.82) is 0 Å². The maximum Gasteiger partial charge on any atom is 0.146 e. The summed E-state index contributed by atoms with van der Waals surface area (Å²) >= 11 is 9.71. The van der Waals surface area contributed by atoms with E-state index in [0.717, 1.165) is 22.4 Å². The van der Waals surface area contributed by atoms with Crippen LogP contribution < -0.4 is 5.32 Å². The van der Waals surface area contributed by atoms with Gasteiger partial charge in [-0.15, -0.1) is 0 Å². The molecule has 0 radical (unpaired) electrons. The number of rotatable bonds is 2. The van der Waals surface area contributed by atoms with Gasteiger partial charge in [-0.1, -0.05) is 41.9 Å². The van der Waals surface area contributed by atoms with E-state index < -0.39 is 0 Å². The summed E-state index contributed by atoms with van der Waals surface area (Å²) in [7, 11) is 0. The van der Waals surface area contributed by atoms with E-state index in [1.165, 1.54) is 5.56 Å². The van der Waals surface area contributed by atoms with Crippen LogP contribution in [0.1, 0.15) is 22.5 Å². The van der Waals surface area contributed by atoms with Gasteiger partial charge >= 0.3 is 0 Å². The van der Waals surface area contributed by atoms with Gasteiger partial charge in [-0.3, -0.25) is 0 Å². The van der Waals surface area contributed by atoms with E-state index in [2.05, 4.69) is 42.9 Å².